The minimum atomic E-state index is -0.652. The van der Waals surface area contributed by atoms with Gasteiger partial charge in [0.1, 0.15) is 5.25 Å². The Morgan fingerprint density at radius 1 is 1.42 bits per heavy atom. The highest BCUT2D eigenvalue weighted by molar-refractivity contribution is 8.15. The summed E-state index contributed by atoms with van der Waals surface area (Å²) in [6.07, 6.45) is -0.0641. The molecule has 1 atom stereocenters. The molecule has 7 nitrogen and oxygen atoms in total. The van der Waals surface area contributed by atoms with Crippen LogP contribution in [0.25, 0.3) is 0 Å². The van der Waals surface area contributed by atoms with Crippen molar-refractivity contribution in [3.63, 3.8) is 0 Å². The molecule has 0 aliphatic carbocycles. The van der Waals surface area contributed by atoms with Crippen LogP contribution in [0, 0.1) is 0 Å². The first kappa shape index (κ1) is 14.3. The van der Waals surface area contributed by atoms with Crippen molar-refractivity contribution in [2.45, 2.75) is 11.7 Å². The minimum Gasteiger partial charge on any atom is -0.469 e. The first-order valence-electron chi connectivity index (χ1n) is 6.00. The number of nitrogens with zero attached hydrogens (tertiary/aromatic N) is 2. The normalized spacial score (nSPS) is 24.9. The van der Waals surface area contributed by atoms with Gasteiger partial charge < -0.3 is 9.47 Å². The molecule has 0 aromatic carbocycles. The molecule has 0 aromatic heterocycles. The summed E-state index contributed by atoms with van der Waals surface area (Å²) >= 11 is 0.893. The number of rotatable bonds is 4. The zero-order valence-corrected chi connectivity index (χ0v) is 11.5. The number of carbonyl (C=O) groups is 3. The van der Waals surface area contributed by atoms with Crippen molar-refractivity contribution in [1.82, 2.24) is 9.80 Å². The van der Waals surface area contributed by atoms with Crippen LogP contribution in [0.4, 0.5) is 4.79 Å². The van der Waals surface area contributed by atoms with Gasteiger partial charge in [0.15, 0.2) is 0 Å². The van der Waals surface area contributed by atoms with Gasteiger partial charge in [-0.05, 0) is 0 Å². The molecule has 2 rings (SSSR count). The van der Waals surface area contributed by atoms with Gasteiger partial charge in [-0.15, -0.1) is 0 Å². The zero-order chi connectivity index (χ0) is 13.8. The van der Waals surface area contributed by atoms with Crippen LogP contribution >= 0.6 is 11.8 Å². The van der Waals surface area contributed by atoms with E-state index in [1.54, 1.807) is 0 Å². The van der Waals surface area contributed by atoms with Gasteiger partial charge in [0, 0.05) is 13.1 Å². The van der Waals surface area contributed by atoms with E-state index in [-0.39, 0.29) is 24.2 Å². The maximum Gasteiger partial charge on any atom is 0.307 e. The second-order valence-electron chi connectivity index (χ2n) is 4.29. The van der Waals surface area contributed by atoms with E-state index in [2.05, 4.69) is 4.74 Å². The van der Waals surface area contributed by atoms with Gasteiger partial charge in [0.05, 0.1) is 33.4 Å². The second kappa shape index (κ2) is 6.36. The molecule has 2 heterocycles. The van der Waals surface area contributed by atoms with Crippen molar-refractivity contribution in [1.29, 1.82) is 0 Å². The summed E-state index contributed by atoms with van der Waals surface area (Å²) in [5.74, 6) is -0.793. The molecule has 106 valence electrons. The van der Waals surface area contributed by atoms with E-state index >= 15 is 0 Å². The highest BCUT2D eigenvalue weighted by Crippen LogP contribution is 2.29. The lowest BCUT2D eigenvalue weighted by atomic mass is 10.3. The van der Waals surface area contributed by atoms with Crippen LogP contribution in [-0.4, -0.2) is 72.2 Å². The third kappa shape index (κ3) is 3.46. The molecule has 0 spiro atoms. The summed E-state index contributed by atoms with van der Waals surface area (Å²) in [4.78, 5) is 38.2. The van der Waals surface area contributed by atoms with Crippen LogP contribution in [0.5, 0.6) is 0 Å². The highest BCUT2D eigenvalue weighted by atomic mass is 32.2. The average molecular weight is 288 g/mol. The Labute approximate surface area is 115 Å². The number of amides is 2. The number of carbonyl (C=O) groups excluding carboxylic acids is 3. The number of esters is 1. The fourth-order valence-electron chi connectivity index (χ4n) is 1.93. The molecule has 2 aliphatic heterocycles. The molecule has 2 amide bonds. The van der Waals surface area contributed by atoms with E-state index in [4.69, 9.17) is 4.74 Å². The molecule has 0 unspecified atom stereocenters. The summed E-state index contributed by atoms with van der Waals surface area (Å²) in [6, 6.07) is 0. The van der Waals surface area contributed by atoms with Gasteiger partial charge in [-0.2, -0.15) is 0 Å². The van der Waals surface area contributed by atoms with Crippen molar-refractivity contribution in [3.8, 4) is 0 Å². The number of thioether (sulfide) groups is 1. The first-order chi connectivity index (χ1) is 9.11. The van der Waals surface area contributed by atoms with E-state index in [9.17, 15) is 14.4 Å². The predicted molar refractivity (Wildman–Crippen MR) is 67.5 cm³/mol. The SMILES string of the molecule is COC(=O)C[C@@H]1SC(=O)N(CN2CCOCC2)C1=O. The number of hydrogen-bond acceptors (Lipinski definition) is 7. The molecular formula is C11H16N2O5S. The van der Waals surface area contributed by atoms with Crippen LogP contribution in [0.2, 0.25) is 0 Å². The summed E-state index contributed by atoms with van der Waals surface area (Å²) in [5, 5.41) is -0.952. The van der Waals surface area contributed by atoms with Crippen molar-refractivity contribution in [3.05, 3.63) is 0 Å². The summed E-state index contributed by atoms with van der Waals surface area (Å²) in [7, 11) is 1.26. The number of methoxy groups -OCH3 is 1. The molecule has 0 bridgehead atoms. The molecule has 2 saturated heterocycles. The Hall–Kier alpha value is -1.12. The van der Waals surface area contributed by atoms with Crippen molar-refractivity contribution < 1.29 is 23.9 Å². The zero-order valence-electron chi connectivity index (χ0n) is 10.7. The van der Waals surface area contributed by atoms with Gasteiger partial charge in [-0.3, -0.25) is 24.2 Å². The highest BCUT2D eigenvalue weighted by Gasteiger charge is 2.41. The predicted octanol–water partition coefficient (Wildman–Crippen LogP) is -0.0968. The van der Waals surface area contributed by atoms with Crippen molar-refractivity contribution in [2.75, 3.05) is 40.1 Å². The van der Waals surface area contributed by atoms with Crippen LogP contribution in [-0.2, 0) is 19.1 Å². The van der Waals surface area contributed by atoms with Gasteiger partial charge in [-0.25, -0.2) is 0 Å². The number of imide groups is 1. The van der Waals surface area contributed by atoms with E-state index < -0.39 is 11.2 Å². The topological polar surface area (TPSA) is 76.2 Å². The molecule has 0 N–H and O–H groups in total. The fourth-order valence-corrected chi connectivity index (χ4v) is 2.90. The monoisotopic (exact) mass is 288 g/mol. The maximum absolute atomic E-state index is 12.1. The van der Waals surface area contributed by atoms with Crippen molar-refractivity contribution in [2.24, 2.45) is 0 Å². The third-order valence-corrected chi connectivity index (χ3v) is 4.10. The molecule has 19 heavy (non-hydrogen) atoms. The molecule has 0 saturated carbocycles. The quantitative estimate of drug-likeness (QED) is 0.669. The van der Waals surface area contributed by atoms with Crippen LogP contribution in [0.3, 0.4) is 0 Å². The number of hydrogen-bond donors (Lipinski definition) is 0. The van der Waals surface area contributed by atoms with Gasteiger partial charge in [-0.1, -0.05) is 11.8 Å². The largest absolute Gasteiger partial charge is 0.469 e. The first-order valence-corrected chi connectivity index (χ1v) is 6.88. The molecule has 8 heteroatoms. The lowest BCUT2D eigenvalue weighted by Crippen LogP contribution is -2.46. The van der Waals surface area contributed by atoms with E-state index in [0.29, 0.717) is 26.3 Å². The van der Waals surface area contributed by atoms with Crippen LogP contribution in [0.1, 0.15) is 6.42 Å². The second-order valence-corrected chi connectivity index (χ2v) is 5.44. The number of morpholine rings is 1. The standard InChI is InChI=1S/C11H16N2O5S/c1-17-9(14)6-8-10(15)13(11(16)19-8)7-12-2-4-18-5-3-12/h8H,2-7H2,1H3/t8-/m0/s1. The number of ether oxygens (including phenoxy) is 2. The van der Waals surface area contributed by atoms with Crippen LogP contribution in [0.15, 0.2) is 0 Å². The third-order valence-electron chi connectivity index (χ3n) is 3.03. The van der Waals surface area contributed by atoms with E-state index in [1.807, 2.05) is 4.90 Å². The Kier molecular flexibility index (Phi) is 4.78. The lowest BCUT2D eigenvalue weighted by Gasteiger charge is -2.29. The maximum atomic E-state index is 12.1. The molecular weight excluding hydrogens is 272 g/mol. The molecule has 2 aliphatic rings. The van der Waals surface area contributed by atoms with E-state index in [1.165, 1.54) is 12.0 Å². The fraction of sp³-hybridized carbons (Fsp3) is 0.727. The molecule has 0 aromatic rings. The van der Waals surface area contributed by atoms with Gasteiger partial charge >= 0.3 is 5.97 Å². The van der Waals surface area contributed by atoms with E-state index in [0.717, 1.165) is 11.8 Å². The molecule has 0 radical (unpaired) electrons. The Morgan fingerprint density at radius 2 is 2.11 bits per heavy atom. The lowest BCUT2D eigenvalue weighted by molar-refractivity contribution is -0.142. The molecule has 2 fully saturated rings. The summed E-state index contributed by atoms with van der Waals surface area (Å²) in [5.41, 5.74) is 0. The smallest absolute Gasteiger partial charge is 0.307 e. The van der Waals surface area contributed by atoms with Crippen LogP contribution < -0.4 is 0 Å². The Morgan fingerprint density at radius 3 is 2.74 bits per heavy atom. The van der Waals surface area contributed by atoms with Gasteiger partial charge in [0.2, 0.25) is 5.91 Å². The van der Waals surface area contributed by atoms with Crippen molar-refractivity contribution >= 4 is 28.9 Å². The Balaban J connectivity index is 1.92. The summed E-state index contributed by atoms with van der Waals surface area (Å²) in [6.45, 7) is 2.88. The average Bonchev–Trinajstić information content (AvgIpc) is 2.67. The van der Waals surface area contributed by atoms with Gasteiger partial charge in [0.25, 0.3) is 5.24 Å². The Bertz CT molecular complexity index is 383. The minimum absolute atomic E-state index is 0.0641. The summed E-state index contributed by atoms with van der Waals surface area (Å²) < 4.78 is 9.73.